The molecule has 1 fully saturated rings. The number of nitrogens with zero attached hydrogens (tertiary/aromatic N) is 2. The van der Waals surface area contributed by atoms with Gasteiger partial charge in [0.15, 0.2) is 0 Å². The molecule has 1 N–H and O–H groups in total. The number of carbonyl (C=O) groups excluding carboxylic acids is 2. The molecule has 1 aliphatic heterocycles. The average molecular weight is 422 g/mol. The molecule has 154 valence electrons. The van der Waals surface area contributed by atoms with E-state index in [0.29, 0.717) is 11.1 Å². The lowest BCUT2D eigenvalue weighted by Crippen LogP contribution is -2.35. The molecule has 1 unspecified atom stereocenters. The summed E-state index contributed by atoms with van der Waals surface area (Å²) in [5, 5.41) is 0.828. The van der Waals surface area contributed by atoms with Crippen molar-refractivity contribution in [1.29, 1.82) is 0 Å². The SMILES string of the molecule is C[S+]([O-])NC(=O)c1ccc(-c2ccc3nccc(C(=O)N4CCCCC4)c3c2)cc1. The lowest BCUT2D eigenvalue weighted by molar-refractivity contribution is 0.0726. The number of hydrogen-bond acceptors (Lipinski definition) is 4. The van der Waals surface area contributed by atoms with E-state index < -0.39 is 11.4 Å². The predicted molar refractivity (Wildman–Crippen MR) is 118 cm³/mol. The van der Waals surface area contributed by atoms with Gasteiger partial charge in [0.25, 0.3) is 11.8 Å². The Morgan fingerprint density at radius 1 is 1.00 bits per heavy atom. The fourth-order valence-electron chi connectivity index (χ4n) is 3.78. The number of pyridine rings is 1. The van der Waals surface area contributed by atoms with Crippen LogP contribution in [0.2, 0.25) is 0 Å². The Morgan fingerprint density at radius 3 is 2.40 bits per heavy atom. The van der Waals surface area contributed by atoms with Crippen LogP contribution in [0.5, 0.6) is 0 Å². The van der Waals surface area contributed by atoms with E-state index >= 15 is 0 Å². The molecule has 3 aromatic rings. The maximum absolute atomic E-state index is 13.1. The molecule has 0 saturated carbocycles. The fraction of sp³-hybridized carbons (Fsp3) is 0.261. The van der Waals surface area contributed by atoms with E-state index in [4.69, 9.17) is 0 Å². The maximum Gasteiger partial charge on any atom is 0.292 e. The third-order valence-electron chi connectivity index (χ3n) is 5.33. The first-order valence-corrected chi connectivity index (χ1v) is 11.5. The van der Waals surface area contributed by atoms with Crippen LogP contribution in [0.4, 0.5) is 0 Å². The Kier molecular flexibility index (Phi) is 6.01. The van der Waals surface area contributed by atoms with Gasteiger partial charge < -0.3 is 9.45 Å². The van der Waals surface area contributed by atoms with E-state index in [9.17, 15) is 14.1 Å². The summed E-state index contributed by atoms with van der Waals surface area (Å²) in [4.78, 5) is 31.4. The van der Waals surface area contributed by atoms with Crippen molar-refractivity contribution in [2.75, 3.05) is 19.3 Å². The van der Waals surface area contributed by atoms with Gasteiger partial charge in [-0.15, -0.1) is 0 Å². The highest BCUT2D eigenvalue weighted by Gasteiger charge is 2.20. The van der Waals surface area contributed by atoms with E-state index in [1.807, 2.05) is 35.2 Å². The van der Waals surface area contributed by atoms with Crippen molar-refractivity contribution in [3.05, 3.63) is 65.9 Å². The van der Waals surface area contributed by atoms with Gasteiger partial charge in [-0.1, -0.05) is 18.2 Å². The Balaban J connectivity index is 1.66. The Labute approximate surface area is 178 Å². The van der Waals surface area contributed by atoms with Crippen molar-refractivity contribution >= 4 is 34.1 Å². The molecule has 7 heteroatoms. The van der Waals surface area contributed by atoms with Crippen LogP contribution in [-0.4, -0.2) is 45.6 Å². The normalized spacial score (nSPS) is 15.1. The van der Waals surface area contributed by atoms with Gasteiger partial charge in [-0.05, 0) is 60.7 Å². The first-order chi connectivity index (χ1) is 14.5. The smallest absolute Gasteiger partial charge is 0.292 e. The summed E-state index contributed by atoms with van der Waals surface area (Å²) in [5.74, 6) is -0.321. The Hall–Kier alpha value is -2.90. The third-order valence-corrected chi connectivity index (χ3v) is 5.80. The summed E-state index contributed by atoms with van der Waals surface area (Å²) in [7, 11) is 0. The van der Waals surface area contributed by atoms with Crippen molar-refractivity contribution in [2.45, 2.75) is 19.3 Å². The average Bonchev–Trinajstić information content (AvgIpc) is 2.78. The predicted octanol–water partition coefficient (Wildman–Crippen LogP) is 3.55. The number of fused-ring (bicyclic) bond motifs is 1. The standard InChI is InChI=1S/C23H23N3O3S/c1-30(29)25-22(27)17-7-5-16(6-8-17)18-9-10-21-20(15-18)19(11-12-24-21)23(28)26-13-3-2-4-14-26/h5-12,15H,2-4,13-14H2,1H3,(H,25,27). The molecule has 0 bridgehead atoms. The van der Waals surface area contributed by atoms with Crippen LogP contribution in [-0.2, 0) is 11.4 Å². The number of aromatic nitrogens is 1. The topological polar surface area (TPSA) is 85.4 Å². The van der Waals surface area contributed by atoms with Crippen molar-refractivity contribution in [1.82, 2.24) is 14.6 Å². The Bertz CT molecular complexity index is 1080. The number of nitrogens with one attached hydrogen (secondary N) is 1. The van der Waals surface area contributed by atoms with Gasteiger partial charge >= 0.3 is 0 Å². The molecular weight excluding hydrogens is 398 g/mol. The highest BCUT2D eigenvalue weighted by molar-refractivity contribution is 7.89. The number of benzene rings is 2. The highest BCUT2D eigenvalue weighted by Crippen LogP contribution is 2.27. The summed E-state index contributed by atoms with van der Waals surface area (Å²) >= 11 is -1.41. The minimum Gasteiger partial charge on any atom is -0.593 e. The molecule has 0 aliphatic carbocycles. The van der Waals surface area contributed by atoms with E-state index in [-0.39, 0.29) is 11.8 Å². The largest absolute Gasteiger partial charge is 0.593 e. The van der Waals surface area contributed by atoms with Gasteiger partial charge in [0.1, 0.15) is 6.26 Å². The third kappa shape index (κ3) is 4.32. The maximum atomic E-state index is 13.1. The van der Waals surface area contributed by atoms with Gasteiger partial charge in [0, 0.05) is 30.2 Å². The second-order valence-corrected chi connectivity index (χ2v) is 8.52. The zero-order chi connectivity index (χ0) is 21.1. The van der Waals surface area contributed by atoms with Gasteiger partial charge in [0.2, 0.25) is 0 Å². The molecule has 30 heavy (non-hydrogen) atoms. The van der Waals surface area contributed by atoms with Gasteiger partial charge in [-0.3, -0.25) is 14.6 Å². The van der Waals surface area contributed by atoms with Gasteiger partial charge in [-0.25, -0.2) is 0 Å². The van der Waals surface area contributed by atoms with Crippen LogP contribution >= 0.6 is 0 Å². The zero-order valence-electron chi connectivity index (χ0n) is 16.8. The fourth-order valence-corrected chi connectivity index (χ4v) is 4.16. The summed E-state index contributed by atoms with van der Waals surface area (Å²) in [5.41, 5.74) is 3.76. The van der Waals surface area contributed by atoms with Crippen LogP contribution in [0.3, 0.4) is 0 Å². The van der Waals surface area contributed by atoms with Crippen LogP contribution in [0.15, 0.2) is 54.7 Å². The monoisotopic (exact) mass is 421 g/mol. The molecule has 1 saturated heterocycles. The quantitative estimate of drug-likeness (QED) is 0.653. The van der Waals surface area contributed by atoms with E-state index in [1.165, 1.54) is 12.7 Å². The van der Waals surface area contributed by atoms with Gasteiger partial charge in [-0.2, -0.15) is 4.72 Å². The number of amides is 2. The number of carbonyl (C=O) groups is 2. The Morgan fingerprint density at radius 2 is 1.70 bits per heavy atom. The molecule has 0 radical (unpaired) electrons. The molecule has 0 spiro atoms. The first kappa shape index (κ1) is 20.4. The molecule has 1 atom stereocenters. The van der Waals surface area contributed by atoms with E-state index in [1.54, 1.807) is 24.4 Å². The minimum atomic E-state index is -1.41. The molecule has 2 heterocycles. The van der Waals surface area contributed by atoms with Crippen molar-refractivity contribution in [3.63, 3.8) is 0 Å². The second-order valence-electron chi connectivity index (χ2n) is 7.41. The lowest BCUT2D eigenvalue weighted by atomic mass is 9.99. The van der Waals surface area contributed by atoms with Crippen molar-refractivity contribution < 1.29 is 14.1 Å². The first-order valence-electron chi connectivity index (χ1n) is 9.96. The minimum absolute atomic E-state index is 0.0545. The number of piperidine rings is 1. The summed E-state index contributed by atoms with van der Waals surface area (Å²) < 4.78 is 13.6. The highest BCUT2D eigenvalue weighted by atomic mass is 32.2. The number of hydrogen-bond donors (Lipinski definition) is 1. The number of rotatable bonds is 4. The molecule has 1 aliphatic rings. The molecule has 4 rings (SSSR count). The molecule has 1 aromatic heterocycles. The zero-order valence-corrected chi connectivity index (χ0v) is 17.6. The lowest BCUT2D eigenvalue weighted by Gasteiger charge is -2.27. The van der Waals surface area contributed by atoms with Crippen LogP contribution < -0.4 is 4.72 Å². The second kappa shape index (κ2) is 8.85. The van der Waals surface area contributed by atoms with Crippen LogP contribution in [0.25, 0.3) is 22.0 Å². The molecular formula is C23H23N3O3S. The van der Waals surface area contributed by atoms with Crippen molar-refractivity contribution in [3.8, 4) is 11.1 Å². The van der Waals surface area contributed by atoms with E-state index in [0.717, 1.165) is 48.0 Å². The molecule has 2 aromatic carbocycles. The summed E-state index contributed by atoms with van der Waals surface area (Å²) in [6.07, 6.45) is 6.37. The van der Waals surface area contributed by atoms with Crippen LogP contribution in [0, 0.1) is 0 Å². The summed E-state index contributed by atoms with van der Waals surface area (Å²) in [6.45, 7) is 1.60. The number of likely N-dealkylation sites (tertiary alicyclic amines) is 1. The van der Waals surface area contributed by atoms with E-state index in [2.05, 4.69) is 9.71 Å². The summed E-state index contributed by atoms with van der Waals surface area (Å²) in [6, 6.07) is 14.7. The molecule has 2 amide bonds. The van der Waals surface area contributed by atoms with Crippen molar-refractivity contribution in [2.24, 2.45) is 0 Å². The van der Waals surface area contributed by atoms with Gasteiger partial charge in [0.05, 0.1) is 22.4 Å². The van der Waals surface area contributed by atoms with Crippen LogP contribution in [0.1, 0.15) is 40.0 Å². The molecule has 6 nitrogen and oxygen atoms in total.